The topological polar surface area (TPSA) is 67.4 Å². The number of esters is 1. The molecule has 1 aromatic rings. The number of nitrogens with one attached hydrogen (secondary N) is 2. The van der Waals surface area contributed by atoms with Crippen molar-refractivity contribution in [2.75, 3.05) is 12.4 Å². The zero-order chi connectivity index (χ0) is 16.2. The van der Waals surface area contributed by atoms with E-state index in [-0.39, 0.29) is 10.7 Å². The molecule has 1 aliphatic rings. The molecule has 1 fully saturated rings. The van der Waals surface area contributed by atoms with Gasteiger partial charge in [-0.05, 0) is 31.0 Å². The molecule has 0 spiro atoms. The van der Waals surface area contributed by atoms with Crippen molar-refractivity contribution in [3.05, 3.63) is 29.0 Å². The van der Waals surface area contributed by atoms with E-state index in [1.807, 2.05) is 0 Å². The molecule has 5 nitrogen and oxygen atoms in total. The Kier molecular flexibility index (Phi) is 5.24. The SMILES string of the molecule is COC(=O)C1(NC(=O)Nc2ccc(Cl)c(F)c2)CCCCC1. The summed E-state index contributed by atoms with van der Waals surface area (Å²) in [5.74, 6) is -1.08. The Morgan fingerprint density at radius 3 is 2.55 bits per heavy atom. The smallest absolute Gasteiger partial charge is 0.331 e. The van der Waals surface area contributed by atoms with Crippen LogP contribution in [0.15, 0.2) is 18.2 Å². The molecule has 1 aliphatic carbocycles. The van der Waals surface area contributed by atoms with E-state index < -0.39 is 23.4 Å². The van der Waals surface area contributed by atoms with Crippen LogP contribution in [0.3, 0.4) is 0 Å². The van der Waals surface area contributed by atoms with Crippen molar-refractivity contribution < 1.29 is 18.7 Å². The molecule has 0 saturated heterocycles. The van der Waals surface area contributed by atoms with Crippen LogP contribution in [-0.4, -0.2) is 24.6 Å². The maximum atomic E-state index is 13.4. The zero-order valence-corrected chi connectivity index (χ0v) is 13.0. The van der Waals surface area contributed by atoms with Gasteiger partial charge in [-0.3, -0.25) is 0 Å². The number of carbonyl (C=O) groups excluding carboxylic acids is 2. The number of benzene rings is 1. The molecular weight excluding hydrogens is 311 g/mol. The normalized spacial score (nSPS) is 16.7. The average molecular weight is 329 g/mol. The van der Waals surface area contributed by atoms with E-state index in [1.54, 1.807) is 0 Å². The summed E-state index contributed by atoms with van der Waals surface area (Å²) in [6.45, 7) is 0. The van der Waals surface area contributed by atoms with E-state index in [9.17, 15) is 14.0 Å². The van der Waals surface area contributed by atoms with Gasteiger partial charge in [-0.25, -0.2) is 14.0 Å². The van der Waals surface area contributed by atoms with E-state index in [1.165, 1.54) is 19.2 Å². The summed E-state index contributed by atoms with van der Waals surface area (Å²) in [6.07, 6.45) is 3.75. The van der Waals surface area contributed by atoms with Crippen LogP contribution in [0.1, 0.15) is 32.1 Å². The highest BCUT2D eigenvalue weighted by molar-refractivity contribution is 6.30. The molecule has 0 aliphatic heterocycles. The van der Waals surface area contributed by atoms with Gasteiger partial charge in [0.1, 0.15) is 11.4 Å². The molecule has 7 heteroatoms. The summed E-state index contributed by atoms with van der Waals surface area (Å²) in [6, 6.07) is 3.38. The number of urea groups is 1. The summed E-state index contributed by atoms with van der Waals surface area (Å²) >= 11 is 5.59. The second-order valence-electron chi connectivity index (χ2n) is 5.34. The first kappa shape index (κ1) is 16.5. The van der Waals surface area contributed by atoms with Gasteiger partial charge in [-0.2, -0.15) is 0 Å². The third kappa shape index (κ3) is 3.68. The second kappa shape index (κ2) is 6.96. The van der Waals surface area contributed by atoms with Gasteiger partial charge in [0.25, 0.3) is 0 Å². The highest BCUT2D eigenvalue weighted by Crippen LogP contribution is 2.29. The van der Waals surface area contributed by atoms with Gasteiger partial charge in [0.15, 0.2) is 0 Å². The van der Waals surface area contributed by atoms with Crippen LogP contribution in [0.4, 0.5) is 14.9 Å². The second-order valence-corrected chi connectivity index (χ2v) is 5.75. The van der Waals surface area contributed by atoms with E-state index in [2.05, 4.69) is 10.6 Å². The van der Waals surface area contributed by atoms with Crippen LogP contribution in [-0.2, 0) is 9.53 Å². The Balaban J connectivity index is 2.07. The van der Waals surface area contributed by atoms with Crippen LogP contribution >= 0.6 is 11.6 Å². The Bertz CT molecular complexity index is 574. The highest BCUT2D eigenvalue weighted by Gasteiger charge is 2.42. The molecular formula is C15H18ClFN2O3. The maximum absolute atomic E-state index is 13.4. The molecule has 22 heavy (non-hydrogen) atoms. The number of halogens is 2. The minimum absolute atomic E-state index is 0.0238. The Hall–Kier alpha value is -1.82. The van der Waals surface area contributed by atoms with Crippen molar-refractivity contribution in [3.63, 3.8) is 0 Å². The zero-order valence-electron chi connectivity index (χ0n) is 12.2. The van der Waals surface area contributed by atoms with E-state index >= 15 is 0 Å². The number of amides is 2. The molecule has 0 heterocycles. The van der Waals surface area contributed by atoms with Crippen LogP contribution in [0.25, 0.3) is 0 Å². The molecule has 2 rings (SSSR count). The molecule has 0 aromatic heterocycles. The number of hydrogen-bond acceptors (Lipinski definition) is 3. The lowest BCUT2D eigenvalue weighted by Crippen LogP contribution is -2.57. The summed E-state index contributed by atoms with van der Waals surface area (Å²) in [4.78, 5) is 24.2. The van der Waals surface area contributed by atoms with Gasteiger partial charge < -0.3 is 15.4 Å². The molecule has 0 atom stereocenters. The van der Waals surface area contributed by atoms with Crippen molar-refractivity contribution in [1.29, 1.82) is 0 Å². The summed E-state index contributed by atoms with van der Waals surface area (Å²) in [5, 5.41) is 5.17. The van der Waals surface area contributed by atoms with Gasteiger partial charge >= 0.3 is 12.0 Å². The molecule has 120 valence electrons. The maximum Gasteiger partial charge on any atom is 0.331 e. The van der Waals surface area contributed by atoms with E-state index in [0.717, 1.165) is 25.3 Å². The van der Waals surface area contributed by atoms with Gasteiger partial charge in [0.05, 0.1) is 12.1 Å². The van der Waals surface area contributed by atoms with Crippen LogP contribution in [0.2, 0.25) is 5.02 Å². The lowest BCUT2D eigenvalue weighted by molar-refractivity contribution is -0.149. The fourth-order valence-corrected chi connectivity index (χ4v) is 2.80. The van der Waals surface area contributed by atoms with Crippen molar-refractivity contribution in [2.24, 2.45) is 0 Å². The number of methoxy groups -OCH3 is 1. The third-order valence-corrected chi connectivity index (χ3v) is 4.12. The number of carbonyl (C=O) groups is 2. The Morgan fingerprint density at radius 2 is 1.95 bits per heavy atom. The number of rotatable bonds is 3. The van der Waals surface area contributed by atoms with E-state index in [0.29, 0.717) is 12.8 Å². The summed E-state index contributed by atoms with van der Waals surface area (Å²) in [7, 11) is 1.30. The lowest BCUT2D eigenvalue weighted by atomic mass is 9.82. The fraction of sp³-hybridized carbons (Fsp3) is 0.467. The van der Waals surface area contributed by atoms with Gasteiger partial charge in [0.2, 0.25) is 0 Å². The van der Waals surface area contributed by atoms with Crippen molar-refractivity contribution >= 4 is 29.3 Å². The third-order valence-electron chi connectivity index (χ3n) is 3.81. The molecule has 0 unspecified atom stereocenters. The molecule has 2 N–H and O–H groups in total. The largest absolute Gasteiger partial charge is 0.467 e. The lowest BCUT2D eigenvalue weighted by Gasteiger charge is -2.35. The molecule has 2 amide bonds. The molecule has 1 saturated carbocycles. The van der Waals surface area contributed by atoms with Crippen LogP contribution < -0.4 is 10.6 Å². The van der Waals surface area contributed by atoms with Gasteiger partial charge in [-0.1, -0.05) is 30.9 Å². The minimum Gasteiger partial charge on any atom is -0.467 e. The first-order chi connectivity index (χ1) is 10.5. The van der Waals surface area contributed by atoms with Crippen LogP contribution in [0.5, 0.6) is 0 Å². The first-order valence-electron chi connectivity index (χ1n) is 7.09. The molecule has 0 bridgehead atoms. The predicted molar refractivity (Wildman–Crippen MR) is 81.4 cm³/mol. The fourth-order valence-electron chi connectivity index (χ4n) is 2.68. The van der Waals surface area contributed by atoms with Crippen molar-refractivity contribution in [2.45, 2.75) is 37.6 Å². The predicted octanol–water partition coefficient (Wildman–Crippen LogP) is 3.48. The van der Waals surface area contributed by atoms with Crippen molar-refractivity contribution in [1.82, 2.24) is 5.32 Å². The Labute approximate surface area is 133 Å². The average Bonchev–Trinajstić information content (AvgIpc) is 2.51. The monoisotopic (exact) mass is 328 g/mol. The highest BCUT2D eigenvalue weighted by atomic mass is 35.5. The van der Waals surface area contributed by atoms with Gasteiger partial charge in [0, 0.05) is 5.69 Å². The Morgan fingerprint density at radius 1 is 1.27 bits per heavy atom. The van der Waals surface area contributed by atoms with Crippen LogP contribution in [0, 0.1) is 5.82 Å². The molecule has 1 aromatic carbocycles. The summed E-state index contributed by atoms with van der Waals surface area (Å²) in [5.41, 5.74) is -0.752. The van der Waals surface area contributed by atoms with Gasteiger partial charge in [-0.15, -0.1) is 0 Å². The van der Waals surface area contributed by atoms with Crippen molar-refractivity contribution in [3.8, 4) is 0 Å². The summed E-state index contributed by atoms with van der Waals surface area (Å²) < 4.78 is 18.2. The quantitative estimate of drug-likeness (QED) is 0.835. The number of anilines is 1. The number of hydrogen-bond donors (Lipinski definition) is 2. The first-order valence-corrected chi connectivity index (χ1v) is 7.47. The number of ether oxygens (including phenoxy) is 1. The minimum atomic E-state index is -1.01. The standard InChI is InChI=1S/C15H18ClFN2O3/c1-22-13(20)15(7-3-2-4-8-15)19-14(21)18-10-5-6-11(16)12(17)9-10/h5-6,9H,2-4,7-8H2,1H3,(H2,18,19,21). The molecule has 0 radical (unpaired) electrons. The van der Waals surface area contributed by atoms with E-state index in [4.69, 9.17) is 16.3 Å².